The van der Waals surface area contributed by atoms with Gasteiger partial charge in [0.2, 0.25) is 0 Å². The Kier molecular flexibility index (Phi) is 5.43. The zero-order chi connectivity index (χ0) is 17.8. The Labute approximate surface area is 147 Å². The third-order valence-electron chi connectivity index (χ3n) is 4.51. The maximum atomic E-state index is 13.0. The number of ether oxygens (including phenoxy) is 3. The van der Waals surface area contributed by atoms with Crippen molar-refractivity contribution < 1.29 is 23.8 Å². The van der Waals surface area contributed by atoms with Crippen LogP contribution >= 0.6 is 0 Å². The van der Waals surface area contributed by atoms with E-state index in [1.807, 2.05) is 4.90 Å². The highest BCUT2D eigenvalue weighted by Crippen LogP contribution is 2.33. The van der Waals surface area contributed by atoms with Crippen LogP contribution in [0.3, 0.4) is 0 Å². The monoisotopic (exact) mass is 348 g/mol. The van der Waals surface area contributed by atoms with Crippen LogP contribution in [0.15, 0.2) is 18.2 Å². The SMILES string of the molecule is COc1cc(C(=O)N(C[C@@H]2CCOC2)C2CC2)ccc1OCC(N)=O. The number of methoxy groups -OCH3 is 1. The number of rotatable bonds is 8. The van der Waals surface area contributed by atoms with Crippen molar-refractivity contribution in [2.45, 2.75) is 25.3 Å². The van der Waals surface area contributed by atoms with Crippen LogP contribution in [0.1, 0.15) is 29.6 Å². The molecule has 1 heterocycles. The highest BCUT2D eigenvalue weighted by molar-refractivity contribution is 5.95. The van der Waals surface area contributed by atoms with Crippen LogP contribution in [0.25, 0.3) is 0 Å². The van der Waals surface area contributed by atoms with E-state index in [9.17, 15) is 9.59 Å². The van der Waals surface area contributed by atoms with Crippen molar-refractivity contribution in [1.29, 1.82) is 0 Å². The van der Waals surface area contributed by atoms with Crippen molar-refractivity contribution in [2.24, 2.45) is 11.7 Å². The first-order valence-corrected chi connectivity index (χ1v) is 8.56. The van der Waals surface area contributed by atoms with E-state index in [1.165, 1.54) is 7.11 Å². The summed E-state index contributed by atoms with van der Waals surface area (Å²) in [5, 5.41) is 0. The molecular formula is C18H24N2O5. The fourth-order valence-corrected chi connectivity index (χ4v) is 3.02. The molecular weight excluding hydrogens is 324 g/mol. The molecule has 0 spiro atoms. The van der Waals surface area contributed by atoms with Crippen molar-refractivity contribution in [2.75, 3.05) is 33.5 Å². The van der Waals surface area contributed by atoms with Gasteiger partial charge >= 0.3 is 0 Å². The van der Waals surface area contributed by atoms with E-state index in [0.29, 0.717) is 29.0 Å². The van der Waals surface area contributed by atoms with E-state index in [-0.39, 0.29) is 12.5 Å². The summed E-state index contributed by atoms with van der Waals surface area (Å²) < 4.78 is 16.0. The van der Waals surface area contributed by atoms with Gasteiger partial charge in [-0.15, -0.1) is 0 Å². The molecule has 1 saturated heterocycles. The molecule has 1 aliphatic heterocycles. The van der Waals surface area contributed by atoms with Crippen molar-refractivity contribution >= 4 is 11.8 Å². The molecule has 2 amide bonds. The Hall–Kier alpha value is -2.28. The van der Waals surface area contributed by atoms with E-state index >= 15 is 0 Å². The van der Waals surface area contributed by atoms with Gasteiger partial charge in [-0.25, -0.2) is 0 Å². The molecule has 2 fully saturated rings. The number of nitrogens with two attached hydrogens (primary N) is 1. The second-order valence-electron chi connectivity index (χ2n) is 6.54. The predicted molar refractivity (Wildman–Crippen MR) is 90.7 cm³/mol. The molecule has 7 nitrogen and oxygen atoms in total. The third-order valence-corrected chi connectivity index (χ3v) is 4.51. The number of amides is 2. The largest absolute Gasteiger partial charge is 0.493 e. The van der Waals surface area contributed by atoms with Crippen LogP contribution in [0, 0.1) is 5.92 Å². The lowest BCUT2D eigenvalue weighted by molar-refractivity contribution is -0.119. The molecule has 2 aliphatic rings. The molecule has 3 rings (SSSR count). The quantitative estimate of drug-likeness (QED) is 0.762. The van der Waals surface area contributed by atoms with Crippen LogP contribution in [-0.2, 0) is 9.53 Å². The predicted octanol–water partition coefficient (Wildman–Crippen LogP) is 1.20. The third kappa shape index (κ3) is 4.42. The Balaban J connectivity index is 1.74. The Bertz CT molecular complexity index is 638. The number of benzene rings is 1. The lowest BCUT2D eigenvalue weighted by Gasteiger charge is -2.25. The number of primary amides is 1. The van der Waals surface area contributed by atoms with Gasteiger partial charge in [0.25, 0.3) is 11.8 Å². The van der Waals surface area contributed by atoms with E-state index in [0.717, 1.165) is 39.0 Å². The molecule has 25 heavy (non-hydrogen) atoms. The van der Waals surface area contributed by atoms with E-state index < -0.39 is 5.91 Å². The molecule has 0 aromatic heterocycles. The molecule has 7 heteroatoms. The van der Waals surface area contributed by atoms with Gasteiger partial charge in [0.15, 0.2) is 18.1 Å². The molecule has 1 saturated carbocycles. The molecule has 2 N–H and O–H groups in total. The summed E-state index contributed by atoms with van der Waals surface area (Å²) in [6.07, 6.45) is 3.10. The summed E-state index contributed by atoms with van der Waals surface area (Å²) in [5.41, 5.74) is 5.64. The minimum absolute atomic E-state index is 0.00542. The zero-order valence-corrected chi connectivity index (χ0v) is 14.4. The van der Waals surface area contributed by atoms with Gasteiger partial charge in [0.1, 0.15) is 0 Å². The summed E-state index contributed by atoms with van der Waals surface area (Å²) in [6, 6.07) is 5.31. The van der Waals surface area contributed by atoms with Gasteiger partial charge in [0.05, 0.1) is 13.7 Å². The minimum Gasteiger partial charge on any atom is -0.493 e. The summed E-state index contributed by atoms with van der Waals surface area (Å²) in [4.78, 5) is 25.8. The van der Waals surface area contributed by atoms with Crippen LogP contribution in [0.4, 0.5) is 0 Å². The maximum absolute atomic E-state index is 13.0. The van der Waals surface area contributed by atoms with Crippen LogP contribution in [0.2, 0.25) is 0 Å². The average Bonchev–Trinajstić information content (AvgIpc) is 3.32. The molecule has 0 radical (unpaired) electrons. The van der Waals surface area contributed by atoms with Gasteiger partial charge in [0, 0.05) is 30.7 Å². The van der Waals surface area contributed by atoms with E-state index in [1.54, 1.807) is 18.2 Å². The lowest BCUT2D eigenvalue weighted by atomic mass is 10.1. The lowest BCUT2D eigenvalue weighted by Crippen LogP contribution is -2.37. The number of nitrogens with zero attached hydrogens (tertiary/aromatic N) is 1. The van der Waals surface area contributed by atoms with E-state index in [2.05, 4.69) is 0 Å². The first-order valence-electron chi connectivity index (χ1n) is 8.56. The standard InChI is InChI=1S/C18H24N2O5/c1-23-16-8-13(2-5-15(16)25-11-17(19)21)18(22)20(14-3-4-14)9-12-6-7-24-10-12/h2,5,8,12,14H,3-4,6-7,9-11H2,1H3,(H2,19,21)/t12-/m0/s1. The normalized spacial score (nSPS) is 19.5. The average molecular weight is 348 g/mol. The summed E-state index contributed by atoms with van der Waals surface area (Å²) in [7, 11) is 1.50. The van der Waals surface area contributed by atoms with Gasteiger partial charge in [-0.2, -0.15) is 0 Å². The topological polar surface area (TPSA) is 91.1 Å². The summed E-state index contributed by atoms with van der Waals surface area (Å²) in [5.74, 6) is 0.631. The molecule has 0 bridgehead atoms. The van der Waals surface area contributed by atoms with Gasteiger partial charge < -0.3 is 24.8 Å². The molecule has 1 aromatic rings. The molecule has 136 valence electrons. The number of carbonyl (C=O) groups excluding carboxylic acids is 2. The summed E-state index contributed by atoms with van der Waals surface area (Å²) >= 11 is 0. The summed E-state index contributed by atoms with van der Waals surface area (Å²) in [6.45, 7) is 1.99. The number of hydrogen-bond acceptors (Lipinski definition) is 5. The molecule has 1 aliphatic carbocycles. The van der Waals surface area contributed by atoms with Crippen LogP contribution in [-0.4, -0.2) is 56.2 Å². The molecule has 1 aromatic carbocycles. The van der Waals surface area contributed by atoms with Crippen LogP contribution in [0.5, 0.6) is 11.5 Å². The second kappa shape index (κ2) is 7.74. The highest BCUT2D eigenvalue weighted by atomic mass is 16.5. The fourth-order valence-electron chi connectivity index (χ4n) is 3.02. The Morgan fingerprint density at radius 1 is 1.28 bits per heavy atom. The number of hydrogen-bond donors (Lipinski definition) is 1. The highest BCUT2D eigenvalue weighted by Gasteiger charge is 2.35. The van der Waals surface area contributed by atoms with Gasteiger partial charge in [-0.3, -0.25) is 9.59 Å². The number of carbonyl (C=O) groups is 2. The Morgan fingerprint density at radius 2 is 2.08 bits per heavy atom. The smallest absolute Gasteiger partial charge is 0.255 e. The van der Waals surface area contributed by atoms with Gasteiger partial charge in [-0.05, 0) is 37.5 Å². The van der Waals surface area contributed by atoms with Gasteiger partial charge in [-0.1, -0.05) is 0 Å². The van der Waals surface area contributed by atoms with Crippen molar-refractivity contribution in [3.05, 3.63) is 23.8 Å². The zero-order valence-electron chi connectivity index (χ0n) is 14.4. The van der Waals surface area contributed by atoms with Crippen molar-refractivity contribution in [3.63, 3.8) is 0 Å². The fraction of sp³-hybridized carbons (Fsp3) is 0.556. The maximum Gasteiger partial charge on any atom is 0.255 e. The van der Waals surface area contributed by atoms with E-state index in [4.69, 9.17) is 19.9 Å². The molecule has 1 atom stereocenters. The van der Waals surface area contributed by atoms with Crippen LogP contribution < -0.4 is 15.2 Å². The minimum atomic E-state index is -0.569. The first-order chi connectivity index (χ1) is 12.1. The molecule has 0 unspecified atom stereocenters. The van der Waals surface area contributed by atoms with Crippen molar-refractivity contribution in [3.8, 4) is 11.5 Å². The second-order valence-corrected chi connectivity index (χ2v) is 6.54. The van der Waals surface area contributed by atoms with Crippen molar-refractivity contribution in [1.82, 2.24) is 4.90 Å². The Morgan fingerprint density at radius 3 is 2.68 bits per heavy atom. The first kappa shape index (κ1) is 17.5.